The van der Waals surface area contributed by atoms with Crippen molar-refractivity contribution in [3.05, 3.63) is 71.5 Å². The van der Waals surface area contributed by atoms with E-state index in [1.54, 1.807) is 12.1 Å². The minimum absolute atomic E-state index is 0.142. The van der Waals surface area contributed by atoms with Crippen molar-refractivity contribution in [2.45, 2.75) is 25.3 Å². The molecule has 3 heteroatoms. The molecular formula is C16H19FN2. The number of hydrogen-bond donors (Lipinski definition) is 2. The maximum atomic E-state index is 13.9. The first-order valence-electron chi connectivity index (χ1n) is 6.53. The van der Waals surface area contributed by atoms with Gasteiger partial charge in [-0.15, -0.1) is 0 Å². The summed E-state index contributed by atoms with van der Waals surface area (Å²) in [6.45, 7) is 2.09. The van der Waals surface area contributed by atoms with Crippen LogP contribution in [0.25, 0.3) is 0 Å². The highest BCUT2D eigenvalue weighted by Gasteiger charge is 2.24. The minimum atomic E-state index is -0.228. The van der Waals surface area contributed by atoms with E-state index in [0.717, 1.165) is 12.0 Å². The van der Waals surface area contributed by atoms with Crippen molar-refractivity contribution in [1.82, 2.24) is 5.43 Å². The molecule has 0 saturated heterocycles. The van der Waals surface area contributed by atoms with Gasteiger partial charge in [-0.1, -0.05) is 55.5 Å². The van der Waals surface area contributed by atoms with E-state index in [2.05, 4.69) is 24.5 Å². The molecule has 0 aliphatic carbocycles. The van der Waals surface area contributed by atoms with Crippen LogP contribution >= 0.6 is 0 Å². The molecule has 3 N–H and O–H groups in total. The molecule has 0 bridgehead atoms. The van der Waals surface area contributed by atoms with Gasteiger partial charge in [-0.05, 0) is 18.1 Å². The van der Waals surface area contributed by atoms with Crippen LogP contribution in [0.4, 0.5) is 4.39 Å². The van der Waals surface area contributed by atoms with Crippen molar-refractivity contribution in [2.24, 2.45) is 5.84 Å². The first kappa shape index (κ1) is 13.7. The lowest BCUT2D eigenvalue weighted by molar-refractivity contribution is 0.427. The maximum absolute atomic E-state index is 13.9. The van der Waals surface area contributed by atoms with Crippen LogP contribution in [0.3, 0.4) is 0 Å². The predicted molar refractivity (Wildman–Crippen MR) is 75.9 cm³/mol. The molecular weight excluding hydrogens is 239 g/mol. The molecule has 0 aliphatic heterocycles. The molecule has 100 valence electrons. The van der Waals surface area contributed by atoms with Crippen molar-refractivity contribution in [3.8, 4) is 0 Å². The van der Waals surface area contributed by atoms with Crippen molar-refractivity contribution >= 4 is 0 Å². The molecule has 2 unspecified atom stereocenters. The average Bonchev–Trinajstić information content (AvgIpc) is 2.46. The Hall–Kier alpha value is -1.71. The van der Waals surface area contributed by atoms with Gasteiger partial charge < -0.3 is 0 Å². The van der Waals surface area contributed by atoms with E-state index in [0.29, 0.717) is 5.56 Å². The lowest BCUT2D eigenvalue weighted by Crippen LogP contribution is -2.33. The Morgan fingerprint density at radius 2 is 1.68 bits per heavy atom. The topological polar surface area (TPSA) is 38.0 Å². The van der Waals surface area contributed by atoms with Crippen LogP contribution in [-0.2, 0) is 0 Å². The number of halogens is 1. The van der Waals surface area contributed by atoms with Gasteiger partial charge in [0.15, 0.2) is 0 Å². The molecule has 0 radical (unpaired) electrons. The van der Waals surface area contributed by atoms with Gasteiger partial charge in [0.25, 0.3) is 0 Å². The summed E-state index contributed by atoms with van der Waals surface area (Å²) >= 11 is 0. The highest BCUT2D eigenvalue weighted by Crippen LogP contribution is 2.34. The number of nitrogens with two attached hydrogens (primary N) is 1. The Balaban J connectivity index is 2.38. The highest BCUT2D eigenvalue weighted by atomic mass is 19.1. The zero-order valence-electron chi connectivity index (χ0n) is 11.0. The van der Waals surface area contributed by atoms with Crippen molar-refractivity contribution < 1.29 is 4.39 Å². The van der Waals surface area contributed by atoms with Crippen LogP contribution < -0.4 is 11.3 Å². The van der Waals surface area contributed by atoms with Crippen molar-refractivity contribution in [1.29, 1.82) is 0 Å². The van der Waals surface area contributed by atoms with Gasteiger partial charge in [0.05, 0.1) is 6.04 Å². The first-order chi connectivity index (χ1) is 9.27. The predicted octanol–water partition coefficient (Wildman–Crippen LogP) is 3.52. The minimum Gasteiger partial charge on any atom is -0.271 e. The van der Waals surface area contributed by atoms with E-state index in [1.807, 2.05) is 24.3 Å². The standard InChI is InChI=1S/C16H19FN2/c1-2-13(12-8-4-3-5-9-12)16(19-18)14-10-6-7-11-15(14)17/h3-11,13,16,19H,2,18H2,1H3. The smallest absolute Gasteiger partial charge is 0.128 e. The number of hydrazine groups is 1. The van der Waals surface area contributed by atoms with Crippen LogP contribution in [0.2, 0.25) is 0 Å². The fourth-order valence-corrected chi connectivity index (χ4v) is 2.51. The van der Waals surface area contributed by atoms with Crippen molar-refractivity contribution in [2.75, 3.05) is 0 Å². The second kappa shape index (κ2) is 6.45. The molecule has 0 aromatic heterocycles. The fourth-order valence-electron chi connectivity index (χ4n) is 2.51. The fraction of sp³-hybridized carbons (Fsp3) is 0.250. The number of benzene rings is 2. The van der Waals surface area contributed by atoms with E-state index in [-0.39, 0.29) is 17.8 Å². The van der Waals surface area contributed by atoms with Gasteiger partial charge in [-0.3, -0.25) is 11.3 Å². The average molecular weight is 258 g/mol. The summed E-state index contributed by atoms with van der Waals surface area (Å²) < 4.78 is 13.9. The Kier molecular flexibility index (Phi) is 4.66. The molecule has 0 heterocycles. The summed E-state index contributed by atoms with van der Waals surface area (Å²) in [6.07, 6.45) is 0.882. The quantitative estimate of drug-likeness (QED) is 0.636. The Labute approximate surface area is 113 Å². The SMILES string of the molecule is CCC(c1ccccc1)C(NN)c1ccccc1F. The van der Waals surface area contributed by atoms with Crippen molar-refractivity contribution in [3.63, 3.8) is 0 Å². The molecule has 0 aliphatic rings. The Morgan fingerprint density at radius 1 is 1.05 bits per heavy atom. The van der Waals surface area contributed by atoms with E-state index >= 15 is 0 Å². The normalized spacial score (nSPS) is 14.1. The van der Waals surface area contributed by atoms with E-state index in [1.165, 1.54) is 6.07 Å². The largest absolute Gasteiger partial charge is 0.271 e. The summed E-state index contributed by atoms with van der Waals surface area (Å²) in [5.74, 6) is 5.59. The van der Waals surface area contributed by atoms with Crippen LogP contribution in [0.1, 0.15) is 36.4 Å². The van der Waals surface area contributed by atoms with E-state index in [4.69, 9.17) is 5.84 Å². The zero-order chi connectivity index (χ0) is 13.7. The molecule has 0 fully saturated rings. The molecule has 2 rings (SSSR count). The lowest BCUT2D eigenvalue weighted by atomic mass is 9.85. The summed E-state index contributed by atoms with van der Waals surface area (Å²) in [6, 6.07) is 16.6. The second-order valence-corrected chi connectivity index (χ2v) is 4.59. The molecule has 2 atom stereocenters. The van der Waals surface area contributed by atoms with E-state index < -0.39 is 0 Å². The molecule has 2 aromatic rings. The van der Waals surface area contributed by atoms with Crippen LogP contribution in [0.15, 0.2) is 54.6 Å². The molecule has 0 amide bonds. The van der Waals surface area contributed by atoms with Gasteiger partial charge >= 0.3 is 0 Å². The highest BCUT2D eigenvalue weighted by molar-refractivity contribution is 5.28. The lowest BCUT2D eigenvalue weighted by Gasteiger charge is -2.26. The molecule has 0 saturated carbocycles. The van der Waals surface area contributed by atoms with Gasteiger partial charge in [-0.2, -0.15) is 0 Å². The summed E-state index contributed by atoms with van der Waals surface area (Å²) in [5.41, 5.74) is 4.54. The first-order valence-corrected chi connectivity index (χ1v) is 6.53. The van der Waals surface area contributed by atoms with Crippen LogP contribution in [0, 0.1) is 5.82 Å². The third kappa shape index (κ3) is 3.00. The number of hydrogen-bond acceptors (Lipinski definition) is 2. The summed E-state index contributed by atoms with van der Waals surface area (Å²) in [4.78, 5) is 0. The van der Waals surface area contributed by atoms with Gasteiger partial charge in [0, 0.05) is 11.5 Å². The third-order valence-electron chi connectivity index (χ3n) is 3.49. The van der Waals surface area contributed by atoms with Gasteiger partial charge in [0.1, 0.15) is 5.82 Å². The summed E-state index contributed by atoms with van der Waals surface area (Å²) in [5, 5.41) is 0. The molecule has 2 nitrogen and oxygen atoms in total. The monoisotopic (exact) mass is 258 g/mol. The molecule has 19 heavy (non-hydrogen) atoms. The Morgan fingerprint density at radius 3 is 2.26 bits per heavy atom. The third-order valence-corrected chi connectivity index (χ3v) is 3.49. The Bertz CT molecular complexity index is 513. The maximum Gasteiger partial charge on any atom is 0.128 e. The zero-order valence-corrected chi connectivity index (χ0v) is 11.0. The van der Waals surface area contributed by atoms with Crippen LogP contribution in [-0.4, -0.2) is 0 Å². The number of rotatable bonds is 5. The van der Waals surface area contributed by atoms with Gasteiger partial charge in [0.2, 0.25) is 0 Å². The summed E-state index contributed by atoms with van der Waals surface area (Å²) in [7, 11) is 0. The second-order valence-electron chi connectivity index (χ2n) is 4.59. The molecule has 0 spiro atoms. The molecule has 2 aromatic carbocycles. The number of nitrogens with one attached hydrogen (secondary N) is 1. The van der Waals surface area contributed by atoms with Crippen LogP contribution in [0.5, 0.6) is 0 Å². The van der Waals surface area contributed by atoms with E-state index in [9.17, 15) is 4.39 Å². The van der Waals surface area contributed by atoms with Gasteiger partial charge in [-0.25, -0.2) is 4.39 Å².